The van der Waals surface area contributed by atoms with Gasteiger partial charge < -0.3 is 15.3 Å². The number of anilines is 2. The number of carbonyl (C=O) groups excluding carboxylic acids is 1. The zero-order valence-corrected chi connectivity index (χ0v) is 13.7. The number of nitrogens with zero attached hydrogens (tertiary/aromatic N) is 2. The van der Waals surface area contributed by atoms with Gasteiger partial charge in [0.25, 0.3) is 5.91 Å². The summed E-state index contributed by atoms with van der Waals surface area (Å²) in [5.41, 5.74) is 3.98. The predicted octanol–water partition coefficient (Wildman–Crippen LogP) is 2.55. The highest BCUT2D eigenvalue weighted by molar-refractivity contribution is 6.11. The molecule has 0 aliphatic heterocycles. The van der Waals surface area contributed by atoms with Gasteiger partial charge in [0.15, 0.2) is 5.69 Å². The molecule has 0 saturated heterocycles. The van der Waals surface area contributed by atoms with E-state index < -0.39 is 0 Å². The lowest BCUT2D eigenvalue weighted by molar-refractivity contribution is 0.102. The van der Waals surface area contributed by atoms with Crippen LogP contribution >= 0.6 is 0 Å². The molecule has 124 valence electrons. The molecule has 6 nitrogen and oxygen atoms in total. The third kappa shape index (κ3) is 3.23. The number of aryl methyl sites for hydroxylation is 1. The number of hydrogen-bond acceptors (Lipinski definition) is 4. The number of carbonyl (C=O) groups is 1. The maximum absolute atomic E-state index is 12.5. The number of fused-ring (bicyclic) bond motifs is 1. The van der Waals surface area contributed by atoms with Crippen LogP contribution < -0.4 is 10.2 Å². The maximum Gasteiger partial charge on any atom is 0.276 e. The summed E-state index contributed by atoms with van der Waals surface area (Å²) in [5, 5.41) is 19.7. The number of nitrogens with one attached hydrogen (secondary N) is 2. The number of aromatic amines is 1. The summed E-state index contributed by atoms with van der Waals surface area (Å²) < 4.78 is 0. The van der Waals surface area contributed by atoms with Crippen molar-refractivity contribution in [1.82, 2.24) is 10.2 Å². The van der Waals surface area contributed by atoms with Crippen LogP contribution in [0.3, 0.4) is 0 Å². The van der Waals surface area contributed by atoms with Gasteiger partial charge in [-0.25, -0.2) is 0 Å². The second kappa shape index (κ2) is 6.72. The van der Waals surface area contributed by atoms with Gasteiger partial charge in [-0.05, 0) is 43.3 Å². The van der Waals surface area contributed by atoms with Gasteiger partial charge in [-0.2, -0.15) is 5.10 Å². The van der Waals surface area contributed by atoms with Crippen LogP contribution in [0.5, 0.6) is 0 Å². The van der Waals surface area contributed by atoms with Crippen LogP contribution in [-0.2, 0) is 0 Å². The molecule has 0 radical (unpaired) electrons. The molecule has 0 aliphatic rings. The van der Waals surface area contributed by atoms with Crippen molar-refractivity contribution in [1.29, 1.82) is 0 Å². The van der Waals surface area contributed by atoms with Crippen molar-refractivity contribution >= 4 is 28.2 Å². The smallest absolute Gasteiger partial charge is 0.276 e. The molecule has 1 aromatic heterocycles. The van der Waals surface area contributed by atoms with Gasteiger partial charge in [-0.15, -0.1) is 0 Å². The van der Waals surface area contributed by atoms with Crippen molar-refractivity contribution in [2.45, 2.75) is 6.92 Å². The summed E-state index contributed by atoms with van der Waals surface area (Å²) >= 11 is 0. The van der Waals surface area contributed by atoms with Gasteiger partial charge >= 0.3 is 0 Å². The SMILES string of the molecule is Cc1ccc2[nH]nc(C(=O)Nc3ccc(N(C)CCO)cc3)c2c1. The van der Waals surface area contributed by atoms with Crippen molar-refractivity contribution in [3.05, 3.63) is 53.7 Å². The first-order chi connectivity index (χ1) is 11.6. The largest absolute Gasteiger partial charge is 0.395 e. The fourth-order valence-electron chi connectivity index (χ4n) is 2.57. The van der Waals surface area contributed by atoms with E-state index in [9.17, 15) is 4.79 Å². The fraction of sp³-hybridized carbons (Fsp3) is 0.222. The lowest BCUT2D eigenvalue weighted by Crippen LogP contribution is -2.21. The Morgan fingerprint density at radius 2 is 2.00 bits per heavy atom. The number of H-pyrrole nitrogens is 1. The Hall–Kier alpha value is -2.86. The molecular formula is C18H20N4O2. The molecular weight excluding hydrogens is 304 g/mol. The molecule has 6 heteroatoms. The quantitative estimate of drug-likeness (QED) is 0.674. The molecule has 3 N–H and O–H groups in total. The molecule has 0 fully saturated rings. The topological polar surface area (TPSA) is 81.2 Å². The van der Waals surface area contributed by atoms with E-state index in [1.807, 2.05) is 61.3 Å². The van der Waals surface area contributed by atoms with Crippen LogP contribution in [0.25, 0.3) is 10.9 Å². The Morgan fingerprint density at radius 1 is 1.25 bits per heavy atom. The van der Waals surface area contributed by atoms with Gasteiger partial charge in [0, 0.05) is 30.4 Å². The lowest BCUT2D eigenvalue weighted by atomic mass is 10.1. The van der Waals surface area contributed by atoms with E-state index in [0.29, 0.717) is 17.9 Å². The molecule has 3 rings (SSSR count). The highest BCUT2D eigenvalue weighted by Gasteiger charge is 2.14. The summed E-state index contributed by atoms with van der Waals surface area (Å²) in [4.78, 5) is 14.4. The Kier molecular flexibility index (Phi) is 4.48. The Balaban J connectivity index is 1.77. The molecule has 0 spiro atoms. The summed E-state index contributed by atoms with van der Waals surface area (Å²) in [5.74, 6) is -0.247. The number of amides is 1. The van der Waals surface area contributed by atoms with Gasteiger partial charge in [-0.1, -0.05) is 11.6 Å². The highest BCUT2D eigenvalue weighted by Crippen LogP contribution is 2.20. The average molecular weight is 324 g/mol. The molecule has 3 aromatic rings. The van der Waals surface area contributed by atoms with E-state index in [0.717, 1.165) is 22.2 Å². The molecule has 2 aromatic carbocycles. The normalized spacial score (nSPS) is 10.8. The number of aromatic nitrogens is 2. The maximum atomic E-state index is 12.5. The molecule has 0 unspecified atom stereocenters. The Morgan fingerprint density at radius 3 is 2.71 bits per heavy atom. The Bertz CT molecular complexity index is 855. The number of rotatable bonds is 5. The van der Waals surface area contributed by atoms with Crippen molar-refractivity contribution < 1.29 is 9.90 Å². The van der Waals surface area contributed by atoms with E-state index in [-0.39, 0.29) is 12.5 Å². The van der Waals surface area contributed by atoms with Crippen LogP contribution in [0.1, 0.15) is 16.1 Å². The van der Waals surface area contributed by atoms with Crippen LogP contribution in [0.15, 0.2) is 42.5 Å². The van der Waals surface area contributed by atoms with Crippen LogP contribution in [0, 0.1) is 6.92 Å². The fourth-order valence-corrected chi connectivity index (χ4v) is 2.57. The van der Waals surface area contributed by atoms with Crippen molar-refractivity contribution in [3.8, 4) is 0 Å². The second-order valence-electron chi connectivity index (χ2n) is 5.77. The molecule has 0 aliphatic carbocycles. The first kappa shape index (κ1) is 16.0. The minimum atomic E-state index is -0.247. The number of likely N-dealkylation sites (N-methyl/N-ethyl adjacent to an activating group) is 1. The average Bonchev–Trinajstić information content (AvgIpc) is 2.98. The van der Waals surface area contributed by atoms with Crippen LogP contribution in [0.4, 0.5) is 11.4 Å². The zero-order chi connectivity index (χ0) is 17.1. The molecule has 1 heterocycles. The van der Waals surface area contributed by atoms with E-state index in [1.165, 1.54) is 0 Å². The first-order valence-corrected chi connectivity index (χ1v) is 7.76. The minimum absolute atomic E-state index is 0.0979. The summed E-state index contributed by atoms with van der Waals surface area (Å²) in [7, 11) is 1.90. The highest BCUT2D eigenvalue weighted by atomic mass is 16.3. The Labute approximate surface area is 140 Å². The third-order valence-corrected chi connectivity index (χ3v) is 3.93. The lowest BCUT2D eigenvalue weighted by Gasteiger charge is -2.18. The molecule has 0 atom stereocenters. The monoisotopic (exact) mass is 324 g/mol. The van der Waals surface area contributed by atoms with Gasteiger partial charge in [0.05, 0.1) is 12.1 Å². The van der Waals surface area contributed by atoms with Crippen molar-refractivity contribution in [2.24, 2.45) is 0 Å². The van der Waals surface area contributed by atoms with Crippen LogP contribution in [-0.4, -0.2) is 41.4 Å². The summed E-state index contributed by atoms with van der Waals surface area (Å²) in [6, 6.07) is 13.3. The molecule has 0 bridgehead atoms. The van der Waals surface area contributed by atoms with Gasteiger partial charge in [0.1, 0.15) is 0 Å². The predicted molar refractivity (Wildman–Crippen MR) is 95.6 cm³/mol. The number of aliphatic hydroxyl groups is 1. The molecule has 24 heavy (non-hydrogen) atoms. The van der Waals surface area contributed by atoms with E-state index in [4.69, 9.17) is 5.11 Å². The van der Waals surface area contributed by atoms with Crippen molar-refractivity contribution in [3.63, 3.8) is 0 Å². The number of aliphatic hydroxyl groups excluding tert-OH is 1. The van der Waals surface area contributed by atoms with Crippen LogP contribution in [0.2, 0.25) is 0 Å². The minimum Gasteiger partial charge on any atom is -0.395 e. The standard InChI is InChI=1S/C18H20N4O2/c1-12-3-8-16-15(11-12)17(21-20-16)18(24)19-13-4-6-14(7-5-13)22(2)9-10-23/h3-8,11,23H,9-10H2,1-2H3,(H,19,24)(H,20,21). The molecule has 1 amide bonds. The van der Waals surface area contributed by atoms with E-state index >= 15 is 0 Å². The first-order valence-electron chi connectivity index (χ1n) is 7.76. The van der Waals surface area contributed by atoms with E-state index in [2.05, 4.69) is 15.5 Å². The van der Waals surface area contributed by atoms with Gasteiger partial charge in [-0.3, -0.25) is 9.89 Å². The zero-order valence-electron chi connectivity index (χ0n) is 13.7. The van der Waals surface area contributed by atoms with Gasteiger partial charge in [0.2, 0.25) is 0 Å². The molecule has 0 saturated carbocycles. The summed E-state index contributed by atoms with van der Waals surface area (Å²) in [6.07, 6.45) is 0. The number of hydrogen-bond donors (Lipinski definition) is 3. The van der Waals surface area contributed by atoms with Crippen molar-refractivity contribution in [2.75, 3.05) is 30.4 Å². The second-order valence-corrected chi connectivity index (χ2v) is 5.77. The summed E-state index contributed by atoms with van der Waals surface area (Å²) in [6.45, 7) is 2.64. The number of benzene rings is 2. The van der Waals surface area contributed by atoms with E-state index in [1.54, 1.807) is 0 Å². The third-order valence-electron chi connectivity index (χ3n) is 3.93.